The van der Waals surface area contributed by atoms with Crippen LogP contribution in [-0.2, 0) is 34.0 Å². The molecule has 1 spiro atoms. The Morgan fingerprint density at radius 2 is 1.60 bits per heavy atom. The van der Waals surface area contributed by atoms with Crippen LogP contribution < -0.4 is 10.2 Å². The van der Waals surface area contributed by atoms with Crippen molar-refractivity contribution < 1.29 is 38.5 Å². The van der Waals surface area contributed by atoms with Gasteiger partial charge in [-0.25, -0.2) is 14.7 Å². The van der Waals surface area contributed by atoms with E-state index in [2.05, 4.69) is 23.2 Å². The minimum Gasteiger partial charge on any atom is -0.508 e. The Kier molecular flexibility index (Phi) is 11.2. The molecular weight excluding hydrogens is 841 g/mol. The number of hydrogen-bond donors (Lipinski definition) is 2. The summed E-state index contributed by atoms with van der Waals surface area (Å²) in [6.45, 7) is -0.0836. The highest BCUT2D eigenvalue weighted by atomic mass is 32.1. The van der Waals surface area contributed by atoms with Gasteiger partial charge in [-0.1, -0.05) is 114 Å². The van der Waals surface area contributed by atoms with Gasteiger partial charge >= 0.3 is 12.1 Å². The van der Waals surface area contributed by atoms with Gasteiger partial charge in [0.2, 0.25) is 11.8 Å². The number of cyclic esters (lactones) is 1. The minimum atomic E-state index is -2.03. The highest BCUT2D eigenvalue weighted by Crippen LogP contribution is 2.66. The normalized spacial score (nSPS) is 23.6. The third-order valence-corrected chi connectivity index (χ3v) is 13.8. The number of benzene rings is 5. The van der Waals surface area contributed by atoms with Gasteiger partial charge in [-0.3, -0.25) is 19.3 Å². The van der Waals surface area contributed by atoms with Crippen molar-refractivity contribution in [2.75, 3.05) is 30.5 Å². The molecule has 2 saturated heterocycles. The number of phenolic OH excluding ortho intramolecular Hbond substituents is 1. The molecule has 0 saturated carbocycles. The van der Waals surface area contributed by atoms with Crippen LogP contribution in [0.4, 0.5) is 15.6 Å². The van der Waals surface area contributed by atoms with E-state index in [1.165, 1.54) is 30.6 Å². The van der Waals surface area contributed by atoms with Gasteiger partial charge in [-0.15, -0.1) is 0 Å². The molecule has 4 heterocycles. The molecule has 12 nitrogen and oxygen atoms in total. The van der Waals surface area contributed by atoms with Gasteiger partial charge in [0.05, 0.1) is 40.5 Å². The smallest absolute Gasteiger partial charge is 0.421 e. The maximum absolute atomic E-state index is 16.3. The molecule has 10 rings (SSSR count). The molecule has 1 aliphatic carbocycles. The van der Waals surface area contributed by atoms with E-state index < -0.39 is 59.4 Å². The van der Waals surface area contributed by atoms with Gasteiger partial charge < -0.3 is 24.6 Å². The number of morpholine rings is 1. The number of esters is 1. The number of anilines is 2. The number of allylic oxidation sites excluding steroid dienone is 2. The Labute approximate surface area is 379 Å². The second kappa shape index (κ2) is 17.5. The SMILES string of the molecule is COCCOC(=O)N1C(=O)[C@@]2(c3cc(C#CC4=CCCCC4)ccc31)[C@H](c1ccc(O)cc1)N1[C@H](c3ccccc3)[C@H](c3ccccc3)OC(=O)[C@H]1[C@@H]2C(=O)Nc1nc2ccccc2s1. The number of aromatic hydroxyl groups is 1. The number of rotatable bonds is 8. The topological polar surface area (TPSA) is 148 Å². The van der Waals surface area contributed by atoms with E-state index in [-0.39, 0.29) is 29.8 Å². The Hall–Kier alpha value is -7.11. The molecule has 326 valence electrons. The lowest BCUT2D eigenvalue weighted by Crippen LogP contribution is -2.54. The fourth-order valence-corrected chi connectivity index (χ4v) is 11.0. The van der Waals surface area contributed by atoms with Crippen LogP contribution in [0.1, 0.15) is 71.7 Å². The maximum atomic E-state index is 16.3. The Morgan fingerprint density at radius 3 is 2.32 bits per heavy atom. The predicted octanol–water partition coefficient (Wildman–Crippen LogP) is 8.94. The molecule has 6 aromatic rings. The van der Waals surface area contributed by atoms with Crippen LogP contribution in [0, 0.1) is 17.8 Å². The number of methoxy groups -OCH3 is 1. The molecule has 3 amide bonds. The predicted molar refractivity (Wildman–Crippen MR) is 245 cm³/mol. The average molecular weight is 885 g/mol. The number of thiazole rings is 1. The first kappa shape index (κ1) is 41.9. The largest absolute Gasteiger partial charge is 0.508 e. The Morgan fingerprint density at radius 1 is 0.862 bits per heavy atom. The number of hydrogen-bond acceptors (Lipinski definition) is 11. The summed E-state index contributed by atoms with van der Waals surface area (Å²) in [7, 11) is 1.47. The van der Waals surface area contributed by atoms with Gasteiger partial charge in [0, 0.05) is 12.7 Å². The fourth-order valence-electron chi connectivity index (χ4n) is 10.1. The molecule has 0 bridgehead atoms. The quantitative estimate of drug-likeness (QED) is 0.0863. The van der Waals surface area contributed by atoms with Gasteiger partial charge in [0.15, 0.2) is 5.13 Å². The number of ether oxygens (including phenoxy) is 3. The number of para-hydroxylation sites is 1. The zero-order valence-electron chi connectivity index (χ0n) is 35.4. The summed E-state index contributed by atoms with van der Waals surface area (Å²) in [5, 5.41) is 14.0. The number of imide groups is 1. The van der Waals surface area contributed by atoms with Crippen LogP contribution in [-0.4, -0.2) is 65.2 Å². The Balaban J connectivity index is 1.26. The summed E-state index contributed by atoms with van der Waals surface area (Å²) >= 11 is 1.26. The van der Waals surface area contributed by atoms with E-state index in [4.69, 9.17) is 19.2 Å². The number of carbonyl (C=O) groups is 4. The van der Waals surface area contributed by atoms with Crippen LogP contribution in [0.25, 0.3) is 10.2 Å². The number of aromatic nitrogens is 1. The average Bonchev–Trinajstić information content (AvgIpc) is 3.97. The third-order valence-electron chi connectivity index (χ3n) is 12.8. The first-order valence-corrected chi connectivity index (χ1v) is 22.5. The van der Waals surface area contributed by atoms with Gasteiger partial charge in [0.25, 0.3) is 0 Å². The van der Waals surface area contributed by atoms with Gasteiger partial charge in [-0.2, -0.15) is 0 Å². The van der Waals surface area contributed by atoms with E-state index in [9.17, 15) is 9.90 Å². The van der Waals surface area contributed by atoms with E-state index in [1.54, 1.807) is 30.3 Å². The summed E-state index contributed by atoms with van der Waals surface area (Å²) < 4.78 is 18.3. The van der Waals surface area contributed by atoms with Crippen LogP contribution in [0.15, 0.2) is 139 Å². The maximum Gasteiger partial charge on any atom is 0.421 e. The van der Waals surface area contributed by atoms with Crippen LogP contribution in [0.3, 0.4) is 0 Å². The molecule has 0 unspecified atom stereocenters. The van der Waals surface area contributed by atoms with Crippen LogP contribution >= 0.6 is 11.3 Å². The molecular formula is C52H44N4O8S. The van der Waals surface area contributed by atoms with Crippen molar-refractivity contribution in [1.82, 2.24) is 9.88 Å². The molecule has 65 heavy (non-hydrogen) atoms. The number of nitrogens with zero attached hydrogens (tertiary/aromatic N) is 3. The van der Waals surface area contributed by atoms with E-state index in [0.717, 1.165) is 46.4 Å². The lowest BCUT2D eigenvalue weighted by molar-refractivity contribution is -0.177. The number of phenols is 1. The van der Waals surface area contributed by atoms with Crippen molar-refractivity contribution in [2.45, 2.75) is 55.3 Å². The number of carbonyl (C=O) groups excluding carboxylic acids is 4. The van der Waals surface area contributed by atoms with E-state index in [0.29, 0.717) is 27.8 Å². The zero-order valence-corrected chi connectivity index (χ0v) is 36.2. The first-order chi connectivity index (χ1) is 31.8. The fraction of sp³-hybridized carbons (Fsp3) is 0.250. The zero-order chi connectivity index (χ0) is 44.7. The van der Waals surface area contributed by atoms with Crippen LogP contribution in [0.5, 0.6) is 5.75 Å². The summed E-state index contributed by atoms with van der Waals surface area (Å²) in [6.07, 6.45) is 4.18. The highest BCUT2D eigenvalue weighted by molar-refractivity contribution is 7.22. The van der Waals surface area contributed by atoms with Gasteiger partial charge in [-0.05, 0) is 96.0 Å². The van der Waals surface area contributed by atoms with E-state index in [1.807, 2.05) is 89.8 Å². The monoisotopic (exact) mass is 884 g/mol. The summed E-state index contributed by atoms with van der Waals surface area (Å²) in [6, 6.07) is 34.6. The van der Waals surface area contributed by atoms with Crippen LogP contribution in [0.2, 0.25) is 0 Å². The van der Waals surface area contributed by atoms with Crippen molar-refractivity contribution in [2.24, 2.45) is 5.92 Å². The Bertz CT molecular complexity index is 2880. The second-order valence-electron chi connectivity index (χ2n) is 16.5. The number of amides is 3. The second-order valence-corrected chi connectivity index (χ2v) is 17.6. The minimum absolute atomic E-state index is 0.0293. The number of nitrogens with one attached hydrogen (secondary N) is 1. The molecule has 5 aromatic carbocycles. The van der Waals surface area contributed by atoms with Crippen molar-refractivity contribution in [3.63, 3.8) is 0 Å². The summed E-state index contributed by atoms with van der Waals surface area (Å²) in [5.41, 5.74) is 2.64. The summed E-state index contributed by atoms with van der Waals surface area (Å²) in [5.74, 6) is 2.89. The lowest BCUT2D eigenvalue weighted by Gasteiger charge is -2.46. The molecule has 1 aromatic heterocycles. The highest BCUT2D eigenvalue weighted by Gasteiger charge is 2.76. The molecule has 6 atom stereocenters. The van der Waals surface area contributed by atoms with Crippen molar-refractivity contribution in [3.8, 4) is 17.6 Å². The van der Waals surface area contributed by atoms with Crippen molar-refractivity contribution in [1.29, 1.82) is 0 Å². The lowest BCUT2D eigenvalue weighted by atomic mass is 9.65. The summed E-state index contributed by atoms with van der Waals surface area (Å²) in [4.78, 5) is 69.5. The van der Waals surface area contributed by atoms with E-state index >= 15 is 14.4 Å². The number of fused-ring (bicyclic) bond motifs is 4. The molecule has 2 N–H and O–H groups in total. The molecule has 2 fully saturated rings. The molecule has 4 aliphatic rings. The van der Waals surface area contributed by atoms with Crippen molar-refractivity contribution in [3.05, 3.63) is 167 Å². The molecule has 13 heteroatoms. The third kappa shape index (κ3) is 7.33. The van der Waals surface area contributed by atoms with Gasteiger partial charge in [0.1, 0.15) is 29.9 Å². The van der Waals surface area contributed by atoms with Crippen molar-refractivity contribution >= 4 is 56.2 Å². The first-order valence-electron chi connectivity index (χ1n) is 21.7. The standard InChI is InChI=1S/C52H44N4O8S/c1-62-29-30-63-51(61)55-40-28-23-33(22-21-32-13-5-2-6-14-32)31-38(40)52(49(55)60)42(47(58)54-50-53-39-19-11-12-20-41(39)65-50)44-48(59)64-45(35-17-9-4-10-18-35)43(34-15-7-3-8-16-34)56(44)46(52)36-24-26-37(57)27-25-36/h3-4,7-13,15-20,23-28,31,42-46,57H,2,5-6,14,29-30H2,1H3,(H,53,54,58)/t42-,43-,44-,45+,46+,52-/m1/s1. The molecule has 0 radical (unpaired) electrons. The molecule has 3 aliphatic heterocycles.